The van der Waals surface area contributed by atoms with Crippen molar-refractivity contribution in [2.75, 3.05) is 20.3 Å². The number of nitrogens with one attached hydrogen (secondary N) is 1. The molecule has 0 aliphatic carbocycles. The Morgan fingerprint density at radius 1 is 1.36 bits per heavy atom. The molecule has 0 bridgehead atoms. The molecule has 1 N–H and O–H groups in total. The second-order valence-corrected chi connectivity index (χ2v) is 3.36. The Morgan fingerprint density at radius 3 is 3.00 bits per heavy atom. The Hall–Kier alpha value is -0.800. The van der Waals surface area contributed by atoms with Crippen LogP contribution >= 0.6 is 0 Å². The molecule has 0 aliphatic rings. The van der Waals surface area contributed by atoms with Crippen LogP contribution in [0.2, 0.25) is 0 Å². The highest BCUT2D eigenvalue weighted by atomic mass is 16.5. The first-order valence-electron chi connectivity index (χ1n) is 5.14. The summed E-state index contributed by atoms with van der Waals surface area (Å²) in [7, 11) is 1.75. The van der Waals surface area contributed by atoms with Crippen LogP contribution in [0, 0.1) is 0 Å². The van der Waals surface area contributed by atoms with Crippen LogP contribution in [-0.2, 0) is 11.3 Å². The van der Waals surface area contributed by atoms with Gasteiger partial charge in [-0.15, -0.1) is 0 Å². The van der Waals surface area contributed by atoms with Crippen molar-refractivity contribution in [3.63, 3.8) is 0 Å². The molecule has 0 unspecified atom stereocenters. The Labute approximate surface area is 85.4 Å². The largest absolute Gasteiger partial charge is 0.472 e. The summed E-state index contributed by atoms with van der Waals surface area (Å²) in [6, 6.07) is 1.98. The van der Waals surface area contributed by atoms with Gasteiger partial charge in [-0.3, -0.25) is 0 Å². The maximum Gasteiger partial charge on any atom is 0.0947 e. The van der Waals surface area contributed by atoms with Crippen molar-refractivity contribution in [2.45, 2.75) is 25.8 Å². The highest BCUT2D eigenvalue weighted by Gasteiger charge is 1.93. The number of ether oxygens (including phenoxy) is 1. The molecule has 0 amide bonds. The van der Waals surface area contributed by atoms with Crippen LogP contribution < -0.4 is 5.32 Å². The molecule has 3 heteroatoms. The van der Waals surface area contributed by atoms with Gasteiger partial charge >= 0.3 is 0 Å². The van der Waals surface area contributed by atoms with E-state index in [4.69, 9.17) is 9.15 Å². The summed E-state index contributed by atoms with van der Waals surface area (Å²) < 4.78 is 9.94. The lowest BCUT2D eigenvalue weighted by Crippen LogP contribution is -2.14. The average Bonchev–Trinajstić information content (AvgIpc) is 2.69. The van der Waals surface area contributed by atoms with Crippen molar-refractivity contribution in [2.24, 2.45) is 0 Å². The van der Waals surface area contributed by atoms with E-state index in [1.54, 1.807) is 19.6 Å². The van der Waals surface area contributed by atoms with E-state index in [0.29, 0.717) is 0 Å². The minimum Gasteiger partial charge on any atom is -0.472 e. The zero-order chi connectivity index (χ0) is 10.1. The van der Waals surface area contributed by atoms with Crippen LogP contribution in [0.4, 0.5) is 0 Å². The van der Waals surface area contributed by atoms with Crippen molar-refractivity contribution < 1.29 is 9.15 Å². The number of rotatable bonds is 8. The Kier molecular flexibility index (Phi) is 6.11. The lowest BCUT2D eigenvalue weighted by atomic mass is 10.2. The molecule has 1 rings (SSSR count). The summed E-state index contributed by atoms with van der Waals surface area (Å²) in [5.41, 5.74) is 1.21. The minimum atomic E-state index is 0.877. The van der Waals surface area contributed by atoms with Gasteiger partial charge < -0.3 is 14.5 Å². The Balaban J connectivity index is 1.85. The maximum atomic E-state index is 4.97. The molecule has 0 fully saturated rings. The number of hydrogen-bond acceptors (Lipinski definition) is 3. The number of furan rings is 1. The van der Waals surface area contributed by atoms with Crippen molar-refractivity contribution in [3.8, 4) is 0 Å². The normalized spacial score (nSPS) is 10.6. The third-order valence-electron chi connectivity index (χ3n) is 2.11. The van der Waals surface area contributed by atoms with Gasteiger partial charge in [0.05, 0.1) is 12.5 Å². The molecule has 14 heavy (non-hydrogen) atoms. The van der Waals surface area contributed by atoms with Crippen LogP contribution in [0.1, 0.15) is 24.8 Å². The zero-order valence-electron chi connectivity index (χ0n) is 8.79. The van der Waals surface area contributed by atoms with E-state index in [2.05, 4.69) is 5.32 Å². The Bertz CT molecular complexity index is 209. The second kappa shape index (κ2) is 7.59. The van der Waals surface area contributed by atoms with E-state index in [0.717, 1.165) is 26.1 Å². The van der Waals surface area contributed by atoms with Crippen LogP contribution in [0.25, 0.3) is 0 Å². The fourth-order valence-corrected chi connectivity index (χ4v) is 1.30. The van der Waals surface area contributed by atoms with Gasteiger partial charge in [0.2, 0.25) is 0 Å². The van der Waals surface area contributed by atoms with Crippen molar-refractivity contribution in [1.82, 2.24) is 5.32 Å². The molecule has 0 radical (unpaired) electrons. The molecule has 0 aromatic carbocycles. The third-order valence-corrected chi connectivity index (χ3v) is 2.11. The topological polar surface area (TPSA) is 34.4 Å². The van der Waals surface area contributed by atoms with E-state index >= 15 is 0 Å². The molecule has 3 nitrogen and oxygen atoms in total. The molecule has 0 spiro atoms. The van der Waals surface area contributed by atoms with Crippen molar-refractivity contribution >= 4 is 0 Å². The summed E-state index contributed by atoms with van der Waals surface area (Å²) in [6.45, 7) is 2.84. The molecule has 0 atom stereocenters. The fourth-order valence-electron chi connectivity index (χ4n) is 1.30. The van der Waals surface area contributed by atoms with E-state index in [1.807, 2.05) is 6.07 Å². The lowest BCUT2D eigenvalue weighted by Gasteiger charge is -2.02. The SMILES string of the molecule is COCCCCCNCc1ccoc1. The molecule has 1 heterocycles. The van der Waals surface area contributed by atoms with Gasteiger partial charge in [0, 0.05) is 25.8 Å². The predicted molar refractivity (Wildman–Crippen MR) is 56.1 cm³/mol. The van der Waals surface area contributed by atoms with Crippen LogP contribution in [-0.4, -0.2) is 20.3 Å². The first kappa shape index (κ1) is 11.3. The zero-order valence-corrected chi connectivity index (χ0v) is 8.79. The summed E-state index contributed by atoms with van der Waals surface area (Å²) in [4.78, 5) is 0. The third kappa shape index (κ3) is 5.04. The number of hydrogen-bond donors (Lipinski definition) is 1. The quantitative estimate of drug-likeness (QED) is 0.649. The van der Waals surface area contributed by atoms with Gasteiger partial charge in [-0.1, -0.05) is 0 Å². The standard InChI is InChI=1S/C11H19NO2/c1-13-7-4-2-3-6-12-9-11-5-8-14-10-11/h5,8,10,12H,2-4,6-7,9H2,1H3. The molecule has 0 saturated heterocycles. The van der Waals surface area contributed by atoms with Crippen LogP contribution in [0.5, 0.6) is 0 Å². The molecule has 0 aliphatic heterocycles. The highest BCUT2D eigenvalue weighted by Crippen LogP contribution is 1.99. The number of methoxy groups -OCH3 is 1. The first-order chi connectivity index (χ1) is 6.93. The van der Waals surface area contributed by atoms with Gasteiger partial charge in [-0.05, 0) is 31.9 Å². The molecule has 0 saturated carbocycles. The van der Waals surface area contributed by atoms with Gasteiger partial charge in [-0.2, -0.15) is 0 Å². The summed E-state index contributed by atoms with van der Waals surface area (Å²) in [5.74, 6) is 0. The van der Waals surface area contributed by atoms with Crippen molar-refractivity contribution in [1.29, 1.82) is 0 Å². The van der Waals surface area contributed by atoms with E-state index in [9.17, 15) is 0 Å². The van der Waals surface area contributed by atoms with Gasteiger partial charge in [0.15, 0.2) is 0 Å². The van der Waals surface area contributed by atoms with Crippen LogP contribution in [0.3, 0.4) is 0 Å². The highest BCUT2D eigenvalue weighted by molar-refractivity contribution is 5.04. The van der Waals surface area contributed by atoms with E-state index in [-0.39, 0.29) is 0 Å². The Morgan fingerprint density at radius 2 is 2.29 bits per heavy atom. The number of unbranched alkanes of at least 4 members (excludes halogenated alkanes) is 2. The van der Waals surface area contributed by atoms with E-state index in [1.165, 1.54) is 18.4 Å². The first-order valence-corrected chi connectivity index (χ1v) is 5.14. The minimum absolute atomic E-state index is 0.877. The molecule has 1 aromatic heterocycles. The smallest absolute Gasteiger partial charge is 0.0947 e. The molecule has 80 valence electrons. The van der Waals surface area contributed by atoms with Crippen LogP contribution in [0.15, 0.2) is 23.0 Å². The van der Waals surface area contributed by atoms with Gasteiger partial charge in [0.1, 0.15) is 0 Å². The van der Waals surface area contributed by atoms with Gasteiger partial charge in [0.25, 0.3) is 0 Å². The second-order valence-electron chi connectivity index (χ2n) is 3.36. The van der Waals surface area contributed by atoms with Crippen molar-refractivity contribution in [3.05, 3.63) is 24.2 Å². The summed E-state index contributed by atoms with van der Waals surface area (Å²) >= 11 is 0. The summed E-state index contributed by atoms with van der Waals surface area (Å²) in [6.07, 6.45) is 7.07. The molecular weight excluding hydrogens is 178 g/mol. The maximum absolute atomic E-state index is 4.97. The average molecular weight is 197 g/mol. The molecular formula is C11H19NO2. The predicted octanol–water partition coefficient (Wildman–Crippen LogP) is 2.19. The summed E-state index contributed by atoms with van der Waals surface area (Å²) in [5, 5.41) is 3.36. The monoisotopic (exact) mass is 197 g/mol. The van der Waals surface area contributed by atoms with E-state index < -0.39 is 0 Å². The van der Waals surface area contributed by atoms with Gasteiger partial charge in [-0.25, -0.2) is 0 Å². The fraction of sp³-hybridized carbons (Fsp3) is 0.636. The lowest BCUT2D eigenvalue weighted by molar-refractivity contribution is 0.192. The molecule has 1 aromatic rings.